The maximum Gasteiger partial charge on any atom is 0.144 e. The molecule has 0 saturated heterocycles. The Balaban J connectivity index is 2.57. The van der Waals surface area contributed by atoms with E-state index in [1.807, 2.05) is 12.3 Å². The van der Waals surface area contributed by atoms with E-state index in [0.717, 1.165) is 3.57 Å². The summed E-state index contributed by atoms with van der Waals surface area (Å²) in [5.41, 5.74) is 6.59. The number of aromatic nitrogens is 3. The van der Waals surface area contributed by atoms with Crippen molar-refractivity contribution < 1.29 is 0 Å². The maximum atomic E-state index is 7.40. The van der Waals surface area contributed by atoms with Gasteiger partial charge in [-0.1, -0.05) is 0 Å². The van der Waals surface area contributed by atoms with Gasteiger partial charge in [0.15, 0.2) is 0 Å². The molecule has 15 heavy (non-hydrogen) atoms. The quantitative estimate of drug-likeness (QED) is 0.496. The van der Waals surface area contributed by atoms with Gasteiger partial charge >= 0.3 is 0 Å². The number of rotatable bonds is 2. The van der Waals surface area contributed by atoms with Crippen LogP contribution in [0.25, 0.3) is 5.69 Å². The third-order valence-electron chi connectivity index (χ3n) is 1.84. The molecule has 0 unspecified atom stereocenters. The summed E-state index contributed by atoms with van der Waals surface area (Å²) >= 11 is 2.17. The van der Waals surface area contributed by atoms with Crippen LogP contribution in [-0.2, 0) is 0 Å². The number of nitrogens with one attached hydrogen (secondary N) is 1. The molecule has 2 aromatic heterocycles. The van der Waals surface area contributed by atoms with Crippen molar-refractivity contribution in [2.45, 2.75) is 0 Å². The first-order valence-corrected chi connectivity index (χ1v) is 5.26. The number of nitrogens with zero attached hydrogens (tertiary/aromatic N) is 3. The van der Waals surface area contributed by atoms with E-state index >= 15 is 0 Å². The molecule has 0 atom stereocenters. The maximum absolute atomic E-state index is 7.40. The van der Waals surface area contributed by atoms with Crippen molar-refractivity contribution in [1.82, 2.24) is 14.8 Å². The molecule has 5 nitrogen and oxygen atoms in total. The lowest BCUT2D eigenvalue weighted by Crippen LogP contribution is -2.16. The van der Waals surface area contributed by atoms with E-state index in [4.69, 9.17) is 11.1 Å². The highest BCUT2D eigenvalue weighted by Crippen LogP contribution is 2.12. The summed E-state index contributed by atoms with van der Waals surface area (Å²) in [6, 6.07) is 3.61. The highest BCUT2D eigenvalue weighted by atomic mass is 127. The molecule has 0 aromatic carbocycles. The first kappa shape index (κ1) is 10.1. The zero-order valence-electron chi connectivity index (χ0n) is 7.68. The summed E-state index contributed by atoms with van der Waals surface area (Å²) in [6.45, 7) is 0. The second-order valence-electron chi connectivity index (χ2n) is 2.89. The molecule has 0 fully saturated rings. The van der Waals surface area contributed by atoms with E-state index in [2.05, 4.69) is 32.7 Å². The van der Waals surface area contributed by atoms with Crippen molar-refractivity contribution in [3.63, 3.8) is 0 Å². The summed E-state index contributed by atoms with van der Waals surface area (Å²) in [4.78, 5) is 4.05. The van der Waals surface area contributed by atoms with Crippen LogP contribution in [0.1, 0.15) is 5.69 Å². The highest BCUT2D eigenvalue weighted by molar-refractivity contribution is 14.1. The van der Waals surface area contributed by atoms with Gasteiger partial charge in [0.25, 0.3) is 0 Å². The number of amidine groups is 1. The van der Waals surface area contributed by atoms with Crippen molar-refractivity contribution in [3.05, 3.63) is 40.0 Å². The molecule has 0 saturated carbocycles. The molecule has 76 valence electrons. The Morgan fingerprint density at radius 1 is 1.53 bits per heavy atom. The molecule has 2 aromatic rings. The second-order valence-corrected chi connectivity index (χ2v) is 4.13. The van der Waals surface area contributed by atoms with E-state index in [-0.39, 0.29) is 5.84 Å². The molecule has 2 rings (SSSR count). The lowest BCUT2D eigenvalue weighted by molar-refractivity contribution is 0.869. The minimum atomic E-state index is -0.0592. The third kappa shape index (κ3) is 1.99. The van der Waals surface area contributed by atoms with E-state index in [1.165, 1.54) is 0 Å². The van der Waals surface area contributed by atoms with Gasteiger partial charge in [0, 0.05) is 12.4 Å². The van der Waals surface area contributed by atoms with Crippen LogP contribution in [0, 0.1) is 8.98 Å². The first-order chi connectivity index (χ1) is 7.18. The van der Waals surface area contributed by atoms with Crippen LogP contribution < -0.4 is 5.73 Å². The van der Waals surface area contributed by atoms with Gasteiger partial charge in [0.1, 0.15) is 11.5 Å². The van der Waals surface area contributed by atoms with Crippen molar-refractivity contribution in [3.8, 4) is 5.69 Å². The van der Waals surface area contributed by atoms with Crippen LogP contribution in [0.15, 0.2) is 30.7 Å². The average Bonchev–Trinajstić information content (AvgIpc) is 2.65. The van der Waals surface area contributed by atoms with Crippen LogP contribution in [0.4, 0.5) is 0 Å². The van der Waals surface area contributed by atoms with E-state index in [0.29, 0.717) is 11.4 Å². The van der Waals surface area contributed by atoms with E-state index in [9.17, 15) is 0 Å². The monoisotopic (exact) mass is 313 g/mol. The van der Waals surface area contributed by atoms with Gasteiger partial charge in [-0.25, -0.2) is 4.68 Å². The summed E-state index contributed by atoms with van der Waals surface area (Å²) in [6.07, 6.45) is 5.19. The molecule has 0 radical (unpaired) electrons. The normalized spacial score (nSPS) is 10.2. The molecule has 0 aliphatic carbocycles. The van der Waals surface area contributed by atoms with E-state index < -0.39 is 0 Å². The van der Waals surface area contributed by atoms with Gasteiger partial charge in [-0.3, -0.25) is 10.4 Å². The van der Waals surface area contributed by atoms with Crippen LogP contribution in [0.2, 0.25) is 0 Å². The summed E-state index contributed by atoms with van der Waals surface area (Å²) in [5.74, 6) is -0.0592. The zero-order valence-corrected chi connectivity index (χ0v) is 9.84. The molecule has 3 N–H and O–H groups in total. The minimum Gasteiger partial charge on any atom is -0.382 e. The molecule has 0 aliphatic heterocycles. The van der Waals surface area contributed by atoms with Crippen molar-refractivity contribution in [2.75, 3.05) is 0 Å². The number of nitrogens with two attached hydrogens (primary N) is 1. The number of halogens is 1. The Bertz CT molecular complexity index is 505. The van der Waals surface area contributed by atoms with Gasteiger partial charge in [-0.15, -0.1) is 0 Å². The SMILES string of the molecule is N=C(N)c1ncccc1-n1cc(I)cn1. The van der Waals surface area contributed by atoms with Crippen molar-refractivity contribution in [2.24, 2.45) is 5.73 Å². The number of pyridine rings is 1. The topological polar surface area (TPSA) is 80.6 Å². The Hall–Kier alpha value is -1.44. The smallest absolute Gasteiger partial charge is 0.144 e. The fraction of sp³-hybridized carbons (Fsp3) is 0. The lowest BCUT2D eigenvalue weighted by atomic mass is 10.3. The van der Waals surface area contributed by atoms with Gasteiger partial charge in [0.05, 0.1) is 15.5 Å². The Labute approximate surface area is 100.0 Å². The second kappa shape index (κ2) is 3.97. The standard InChI is InChI=1S/C9H8IN5/c10-6-4-14-15(5-6)7-2-1-3-13-8(7)9(11)12/h1-5H,(H3,11,12). The van der Waals surface area contributed by atoms with E-state index in [1.54, 1.807) is 23.1 Å². The number of nitrogen functional groups attached to an aromatic ring is 1. The molecule has 0 spiro atoms. The van der Waals surface area contributed by atoms with Gasteiger partial charge in [0.2, 0.25) is 0 Å². The molecule has 6 heteroatoms. The highest BCUT2D eigenvalue weighted by Gasteiger charge is 2.08. The fourth-order valence-electron chi connectivity index (χ4n) is 1.22. The van der Waals surface area contributed by atoms with Gasteiger partial charge < -0.3 is 5.73 Å². The zero-order chi connectivity index (χ0) is 10.8. The number of hydrogen-bond acceptors (Lipinski definition) is 3. The molecular formula is C9H8IN5. The van der Waals surface area contributed by atoms with Gasteiger partial charge in [-0.2, -0.15) is 5.10 Å². The first-order valence-electron chi connectivity index (χ1n) is 4.18. The predicted molar refractivity (Wildman–Crippen MR) is 65.1 cm³/mol. The predicted octanol–water partition coefficient (Wildman–Crippen LogP) is 1.16. The molecule has 0 bridgehead atoms. The Kier molecular flexibility index (Phi) is 2.67. The third-order valence-corrected chi connectivity index (χ3v) is 2.40. The molecule has 2 heterocycles. The molecular weight excluding hydrogens is 305 g/mol. The Morgan fingerprint density at radius 2 is 2.33 bits per heavy atom. The van der Waals surface area contributed by atoms with Gasteiger partial charge in [-0.05, 0) is 34.7 Å². The summed E-state index contributed by atoms with van der Waals surface area (Å²) in [7, 11) is 0. The van der Waals surface area contributed by atoms with Crippen LogP contribution in [0.5, 0.6) is 0 Å². The van der Waals surface area contributed by atoms with Crippen LogP contribution >= 0.6 is 22.6 Å². The Morgan fingerprint density at radius 3 is 2.93 bits per heavy atom. The summed E-state index contributed by atoms with van der Waals surface area (Å²) < 4.78 is 2.68. The lowest BCUT2D eigenvalue weighted by Gasteiger charge is -2.05. The van der Waals surface area contributed by atoms with Crippen LogP contribution in [-0.4, -0.2) is 20.6 Å². The largest absolute Gasteiger partial charge is 0.382 e. The average molecular weight is 313 g/mol. The minimum absolute atomic E-state index is 0.0592. The van der Waals surface area contributed by atoms with Crippen molar-refractivity contribution in [1.29, 1.82) is 5.41 Å². The molecule has 0 amide bonds. The fourth-order valence-corrected chi connectivity index (χ4v) is 1.61. The molecule has 0 aliphatic rings. The van der Waals surface area contributed by atoms with Crippen LogP contribution in [0.3, 0.4) is 0 Å². The summed E-state index contributed by atoms with van der Waals surface area (Å²) in [5, 5.41) is 11.6. The number of hydrogen-bond donors (Lipinski definition) is 2. The van der Waals surface area contributed by atoms with Crippen molar-refractivity contribution >= 4 is 28.4 Å².